The molecule has 3 aromatic rings. The smallest absolute Gasteiger partial charge is 0.252 e. The predicted octanol–water partition coefficient (Wildman–Crippen LogP) is 3.83. The highest BCUT2D eigenvalue weighted by Crippen LogP contribution is 2.33. The van der Waals surface area contributed by atoms with E-state index in [0.29, 0.717) is 33.1 Å². The van der Waals surface area contributed by atoms with Gasteiger partial charge in [0.1, 0.15) is 0 Å². The highest BCUT2D eigenvalue weighted by Gasteiger charge is 2.25. The van der Waals surface area contributed by atoms with E-state index in [9.17, 15) is 4.79 Å². The van der Waals surface area contributed by atoms with Crippen LogP contribution in [0.15, 0.2) is 48.9 Å². The highest BCUT2D eigenvalue weighted by molar-refractivity contribution is 7.80. The molecule has 9 nitrogen and oxygen atoms in total. The lowest BCUT2D eigenvalue weighted by atomic mass is 9.96. The van der Waals surface area contributed by atoms with Gasteiger partial charge in [0.05, 0.1) is 16.6 Å². The van der Waals surface area contributed by atoms with Gasteiger partial charge in [-0.15, -0.1) is 0 Å². The lowest BCUT2D eigenvalue weighted by molar-refractivity contribution is 0.0949. The SMILES string of the molecule is CN1CCN(CCCNC(=O)c2cnc(NNC(=S)NC3c4cnccc4CCc4ccc(Cl)cc43)c(Cl)c2)CC1. The minimum Gasteiger partial charge on any atom is -0.352 e. The number of likely N-dealkylation sites (N-methyl/N-ethyl adjacent to an activating group) is 1. The summed E-state index contributed by atoms with van der Waals surface area (Å²) in [5.41, 5.74) is 10.8. The first-order chi connectivity index (χ1) is 19.9. The van der Waals surface area contributed by atoms with Crippen molar-refractivity contribution >= 4 is 52.3 Å². The normalized spacial score (nSPS) is 17.1. The third kappa shape index (κ3) is 7.64. The summed E-state index contributed by atoms with van der Waals surface area (Å²) in [5, 5.41) is 7.65. The molecule has 2 aliphatic rings. The predicted molar refractivity (Wildman–Crippen MR) is 168 cm³/mol. The Morgan fingerprint density at radius 2 is 1.83 bits per heavy atom. The van der Waals surface area contributed by atoms with Gasteiger partial charge in [0, 0.05) is 61.9 Å². The van der Waals surface area contributed by atoms with E-state index in [0.717, 1.165) is 63.1 Å². The number of thiocarbonyl (C=S) groups is 1. The molecule has 1 amide bonds. The van der Waals surface area contributed by atoms with Crippen molar-refractivity contribution in [2.45, 2.75) is 25.3 Å². The van der Waals surface area contributed by atoms with Crippen molar-refractivity contribution in [1.29, 1.82) is 0 Å². The molecular weight excluding hydrogens is 579 g/mol. The van der Waals surface area contributed by atoms with Crippen LogP contribution in [0.4, 0.5) is 5.82 Å². The van der Waals surface area contributed by atoms with Gasteiger partial charge in [-0.25, -0.2) is 4.98 Å². The van der Waals surface area contributed by atoms with E-state index in [1.165, 1.54) is 17.3 Å². The zero-order valence-electron chi connectivity index (χ0n) is 22.9. The number of piperazine rings is 1. The minimum absolute atomic E-state index is 0.201. The average molecular weight is 614 g/mol. The Morgan fingerprint density at radius 3 is 2.61 bits per heavy atom. The van der Waals surface area contributed by atoms with Crippen molar-refractivity contribution in [2.24, 2.45) is 0 Å². The molecule has 216 valence electrons. The van der Waals surface area contributed by atoms with Gasteiger partial charge in [-0.05, 0) is 86.0 Å². The molecule has 1 atom stereocenters. The summed E-state index contributed by atoms with van der Waals surface area (Å²) in [6, 6.07) is 9.35. The molecule has 1 aliphatic heterocycles. The average Bonchev–Trinajstić information content (AvgIpc) is 3.12. The van der Waals surface area contributed by atoms with Gasteiger partial charge in [0.2, 0.25) is 0 Å². The molecule has 12 heteroatoms. The van der Waals surface area contributed by atoms with E-state index in [1.54, 1.807) is 6.07 Å². The summed E-state index contributed by atoms with van der Waals surface area (Å²) >= 11 is 18.4. The molecule has 41 heavy (non-hydrogen) atoms. The molecule has 2 aromatic heterocycles. The Kier molecular flexibility index (Phi) is 9.89. The van der Waals surface area contributed by atoms with E-state index in [-0.39, 0.29) is 11.9 Å². The zero-order valence-corrected chi connectivity index (χ0v) is 25.2. The minimum atomic E-state index is -0.234. The van der Waals surface area contributed by atoms with Gasteiger partial charge in [-0.2, -0.15) is 0 Å². The van der Waals surface area contributed by atoms with E-state index >= 15 is 0 Å². The monoisotopic (exact) mass is 612 g/mol. The van der Waals surface area contributed by atoms with Crippen LogP contribution < -0.4 is 21.5 Å². The Hall–Kier alpha value is -3.02. The number of aromatic nitrogens is 2. The first kappa shape index (κ1) is 29.5. The number of aryl methyl sites for hydroxylation is 2. The Bertz CT molecular complexity index is 1400. The number of hydrazine groups is 1. The largest absolute Gasteiger partial charge is 0.352 e. The Morgan fingerprint density at radius 1 is 1.05 bits per heavy atom. The zero-order chi connectivity index (χ0) is 28.8. The molecule has 1 fully saturated rings. The molecule has 5 rings (SSSR count). The molecule has 0 radical (unpaired) electrons. The van der Waals surface area contributed by atoms with Gasteiger partial charge < -0.3 is 20.4 Å². The number of nitrogens with zero attached hydrogens (tertiary/aromatic N) is 4. The van der Waals surface area contributed by atoms with Gasteiger partial charge >= 0.3 is 0 Å². The fourth-order valence-electron chi connectivity index (χ4n) is 5.19. The number of fused-ring (bicyclic) bond motifs is 2. The topological polar surface area (TPSA) is 97.5 Å². The van der Waals surface area contributed by atoms with Crippen molar-refractivity contribution in [1.82, 2.24) is 35.8 Å². The van der Waals surface area contributed by atoms with E-state index in [4.69, 9.17) is 35.4 Å². The number of benzene rings is 1. The van der Waals surface area contributed by atoms with Crippen molar-refractivity contribution < 1.29 is 4.79 Å². The van der Waals surface area contributed by atoms with Crippen molar-refractivity contribution in [3.63, 3.8) is 0 Å². The maximum Gasteiger partial charge on any atom is 0.252 e. The van der Waals surface area contributed by atoms with E-state index in [1.807, 2.05) is 30.6 Å². The number of anilines is 1. The number of carbonyl (C=O) groups excluding carboxylic acids is 1. The lowest BCUT2D eigenvalue weighted by Gasteiger charge is -2.32. The number of pyridine rings is 2. The van der Waals surface area contributed by atoms with Crippen LogP contribution in [-0.2, 0) is 12.8 Å². The quantitative estimate of drug-likeness (QED) is 0.172. The summed E-state index contributed by atoms with van der Waals surface area (Å²) in [6.07, 6.45) is 7.86. The maximum atomic E-state index is 12.6. The van der Waals surface area contributed by atoms with Crippen LogP contribution >= 0.6 is 35.4 Å². The fourth-order valence-corrected chi connectivity index (χ4v) is 5.76. The lowest BCUT2D eigenvalue weighted by Crippen LogP contribution is -2.45. The van der Waals surface area contributed by atoms with Crippen LogP contribution in [-0.4, -0.2) is 77.1 Å². The van der Waals surface area contributed by atoms with Gasteiger partial charge in [-0.1, -0.05) is 29.3 Å². The number of hydrogen-bond acceptors (Lipinski definition) is 7. The molecule has 0 bridgehead atoms. The van der Waals surface area contributed by atoms with E-state index in [2.05, 4.69) is 54.4 Å². The molecule has 4 N–H and O–H groups in total. The van der Waals surface area contributed by atoms with Crippen molar-refractivity contribution in [2.75, 3.05) is 51.7 Å². The molecule has 0 saturated carbocycles. The van der Waals surface area contributed by atoms with Gasteiger partial charge in [-0.3, -0.25) is 20.6 Å². The molecular formula is C29H34Cl2N8OS. The molecule has 1 unspecified atom stereocenters. The van der Waals surface area contributed by atoms with Gasteiger partial charge in [0.25, 0.3) is 5.91 Å². The summed E-state index contributed by atoms with van der Waals surface area (Å²) in [6.45, 7) is 5.87. The summed E-state index contributed by atoms with van der Waals surface area (Å²) in [7, 11) is 2.14. The fraction of sp³-hybridized carbons (Fsp3) is 0.379. The number of halogens is 2. The molecule has 1 aliphatic carbocycles. The molecule has 0 spiro atoms. The maximum absolute atomic E-state index is 12.6. The first-order valence-electron chi connectivity index (χ1n) is 13.8. The summed E-state index contributed by atoms with van der Waals surface area (Å²) in [4.78, 5) is 26.1. The third-order valence-corrected chi connectivity index (χ3v) is 8.29. The van der Waals surface area contributed by atoms with Crippen LogP contribution in [0, 0.1) is 0 Å². The number of rotatable bonds is 8. The van der Waals surface area contributed by atoms with Crippen LogP contribution in [0.25, 0.3) is 0 Å². The summed E-state index contributed by atoms with van der Waals surface area (Å²) in [5.74, 6) is 0.154. The Balaban J connectivity index is 1.15. The number of amides is 1. The second-order valence-electron chi connectivity index (χ2n) is 10.4. The molecule has 1 saturated heterocycles. The Labute approximate surface area is 256 Å². The highest BCUT2D eigenvalue weighted by atomic mass is 35.5. The molecule has 3 heterocycles. The first-order valence-corrected chi connectivity index (χ1v) is 14.9. The number of hydrogen-bond donors (Lipinski definition) is 4. The van der Waals surface area contributed by atoms with Crippen LogP contribution in [0.5, 0.6) is 0 Å². The standard InChI is InChI=1S/C29H34Cl2N8OS/c1-38-11-13-39(14-12-38)10-2-8-33-28(40)21-15-25(31)27(34-17-21)36-37-29(41)35-26-23-16-22(30)6-5-19(23)3-4-20-7-9-32-18-24(20)26/h5-7,9,15-18,26H,2-4,8,10-14H2,1H3,(H,33,40)(H,34,36)(H2,35,37,41). The summed E-state index contributed by atoms with van der Waals surface area (Å²) < 4.78 is 0. The van der Waals surface area contributed by atoms with Gasteiger partial charge in [0.15, 0.2) is 10.9 Å². The van der Waals surface area contributed by atoms with Crippen LogP contribution in [0.2, 0.25) is 10.0 Å². The van der Waals surface area contributed by atoms with E-state index < -0.39 is 0 Å². The number of nitrogens with one attached hydrogen (secondary N) is 4. The second-order valence-corrected chi connectivity index (χ2v) is 11.6. The second kappa shape index (κ2) is 13.8. The molecule has 1 aromatic carbocycles. The number of carbonyl (C=O) groups is 1. The van der Waals surface area contributed by atoms with Crippen LogP contribution in [0.3, 0.4) is 0 Å². The van der Waals surface area contributed by atoms with Crippen LogP contribution in [0.1, 0.15) is 45.1 Å². The van der Waals surface area contributed by atoms with Crippen molar-refractivity contribution in [3.8, 4) is 0 Å². The van der Waals surface area contributed by atoms with Crippen molar-refractivity contribution in [3.05, 3.63) is 86.8 Å². The third-order valence-electron chi connectivity index (χ3n) is 7.55.